The molecule has 1 heterocycles. The van der Waals surface area contributed by atoms with E-state index in [1.807, 2.05) is 19.9 Å². The maximum absolute atomic E-state index is 11.0. The topological polar surface area (TPSA) is 94.1 Å². The summed E-state index contributed by atoms with van der Waals surface area (Å²) in [6.07, 6.45) is 1.56. The van der Waals surface area contributed by atoms with Gasteiger partial charge in [0.15, 0.2) is 0 Å². The number of nitrogens with one attached hydrogen (secondary N) is 1. The molecule has 0 aliphatic heterocycles. The van der Waals surface area contributed by atoms with Crippen molar-refractivity contribution < 1.29 is 4.92 Å². The third kappa shape index (κ3) is 2.63. The van der Waals surface area contributed by atoms with Crippen molar-refractivity contribution in [3.63, 3.8) is 0 Å². The summed E-state index contributed by atoms with van der Waals surface area (Å²) in [5.74, 6) is 0. The Morgan fingerprint density at radius 3 is 2.79 bits per heavy atom. The second-order valence-corrected chi connectivity index (χ2v) is 5.00. The van der Waals surface area contributed by atoms with Gasteiger partial charge < -0.3 is 11.1 Å². The van der Waals surface area contributed by atoms with Crippen LogP contribution in [0.4, 0.5) is 11.4 Å². The first-order chi connectivity index (χ1) is 8.94. The molecule has 0 aliphatic rings. The standard InChI is InChI=1S/C13H16N4O2/c1-13(2,8-14)16-10-6-7-15-12-9(10)4-3-5-11(12)17(18)19/h3-7H,8,14H2,1-2H3,(H,15,16). The summed E-state index contributed by atoms with van der Waals surface area (Å²) in [6.45, 7) is 4.39. The molecule has 0 amide bonds. The Morgan fingerprint density at radius 2 is 2.16 bits per heavy atom. The van der Waals surface area contributed by atoms with Crippen LogP contribution in [0.15, 0.2) is 30.5 Å². The maximum Gasteiger partial charge on any atom is 0.295 e. The van der Waals surface area contributed by atoms with Crippen LogP contribution in [0.2, 0.25) is 0 Å². The highest BCUT2D eigenvalue weighted by Gasteiger charge is 2.19. The minimum Gasteiger partial charge on any atom is -0.378 e. The Hall–Kier alpha value is -2.21. The van der Waals surface area contributed by atoms with Crippen LogP contribution in [0.25, 0.3) is 10.9 Å². The Kier molecular flexibility index (Phi) is 3.35. The Balaban J connectivity index is 2.58. The molecule has 0 aliphatic carbocycles. The molecular formula is C13H16N4O2. The molecule has 1 aromatic carbocycles. The number of nitrogens with zero attached hydrogens (tertiary/aromatic N) is 2. The minimum absolute atomic E-state index is 0.00621. The van der Waals surface area contributed by atoms with Gasteiger partial charge in [0, 0.05) is 35.4 Å². The second kappa shape index (κ2) is 4.81. The van der Waals surface area contributed by atoms with Gasteiger partial charge in [0.2, 0.25) is 0 Å². The van der Waals surface area contributed by atoms with Crippen LogP contribution < -0.4 is 11.1 Å². The van der Waals surface area contributed by atoms with E-state index in [0.29, 0.717) is 12.1 Å². The summed E-state index contributed by atoms with van der Waals surface area (Å²) in [7, 11) is 0. The number of rotatable bonds is 4. The summed E-state index contributed by atoms with van der Waals surface area (Å²) < 4.78 is 0. The third-order valence-corrected chi connectivity index (χ3v) is 2.93. The molecule has 19 heavy (non-hydrogen) atoms. The van der Waals surface area contributed by atoms with E-state index < -0.39 is 4.92 Å². The molecule has 2 aromatic rings. The molecule has 1 aromatic heterocycles. The number of fused-ring (bicyclic) bond motifs is 1. The van der Waals surface area contributed by atoms with Crippen molar-refractivity contribution >= 4 is 22.3 Å². The van der Waals surface area contributed by atoms with Gasteiger partial charge in [-0.2, -0.15) is 0 Å². The molecule has 6 nitrogen and oxygen atoms in total. The molecule has 0 bridgehead atoms. The molecule has 6 heteroatoms. The summed E-state index contributed by atoms with van der Waals surface area (Å²) in [4.78, 5) is 14.7. The first-order valence-electron chi connectivity index (χ1n) is 5.95. The first-order valence-corrected chi connectivity index (χ1v) is 5.95. The van der Waals surface area contributed by atoms with Crippen molar-refractivity contribution in [3.05, 3.63) is 40.6 Å². The Bertz CT molecular complexity index is 625. The van der Waals surface area contributed by atoms with E-state index in [4.69, 9.17) is 5.73 Å². The molecular weight excluding hydrogens is 244 g/mol. The van der Waals surface area contributed by atoms with Crippen molar-refractivity contribution in [2.75, 3.05) is 11.9 Å². The summed E-state index contributed by atoms with van der Waals surface area (Å²) in [5, 5.41) is 15.0. The van der Waals surface area contributed by atoms with E-state index in [-0.39, 0.29) is 11.2 Å². The normalized spacial score (nSPS) is 11.5. The van der Waals surface area contributed by atoms with Gasteiger partial charge in [-0.1, -0.05) is 12.1 Å². The van der Waals surface area contributed by atoms with Crippen LogP contribution in [-0.4, -0.2) is 22.0 Å². The molecule has 3 N–H and O–H groups in total. The van der Waals surface area contributed by atoms with Gasteiger partial charge in [-0.25, -0.2) is 4.98 Å². The summed E-state index contributed by atoms with van der Waals surface area (Å²) in [6, 6.07) is 6.71. The summed E-state index contributed by atoms with van der Waals surface area (Å²) >= 11 is 0. The number of hydrogen-bond acceptors (Lipinski definition) is 5. The quantitative estimate of drug-likeness (QED) is 0.649. The number of nitrogens with two attached hydrogens (primary N) is 1. The van der Waals surface area contributed by atoms with Crippen LogP contribution in [-0.2, 0) is 0 Å². The van der Waals surface area contributed by atoms with E-state index >= 15 is 0 Å². The number of benzene rings is 1. The largest absolute Gasteiger partial charge is 0.378 e. The van der Waals surface area contributed by atoms with Crippen LogP contribution in [0.1, 0.15) is 13.8 Å². The highest BCUT2D eigenvalue weighted by Crippen LogP contribution is 2.29. The van der Waals surface area contributed by atoms with Crippen molar-refractivity contribution in [2.24, 2.45) is 5.73 Å². The molecule has 0 fully saturated rings. The number of nitro groups is 1. The number of nitro benzene ring substituents is 1. The first kappa shape index (κ1) is 13.2. The Morgan fingerprint density at radius 1 is 1.42 bits per heavy atom. The molecule has 0 radical (unpaired) electrons. The third-order valence-electron chi connectivity index (χ3n) is 2.93. The molecule has 0 saturated heterocycles. The maximum atomic E-state index is 11.0. The molecule has 0 atom stereocenters. The van der Waals surface area contributed by atoms with Crippen LogP contribution in [0.5, 0.6) is 0 Å². The predicted octanol–water partition coefficient (Wildman–Crippen LogP) is 2.29. The molecule has 0 spiro atoms. The van der Waals surface area contributed by atoms with E-state index in [2.05, 4.69) is 10.3 Å². The molecule has 0 unspecified atom stereocenters. The van der Waals surface area contributed by atoms with Gasteiger partial charge in [0.1, 0.15) is 5.52 Å². The van der Waals surface area contributed by atoms with Crippen molar-refractivity contribution in [1.29, 1.82) is 0 Å². The second-order valence-electron chi connectivity index (χ2n) is 5.00. The number of aromatic nitrogens is 1. The summed E-state index contributed by atoms with van der Waals surface area (Å²) in [5.41, 5.74) is 6.58. The van der Waals surface area contributed by atoms with E-state index in [9.17, 15) is 10.1 Å². The number of anilines is 1. The van der Waals surface area contributed by atoms with E-state index in [1.54, 1.807) is 18.3 Å². The number of para-hydroxylation sites is 1. The van der Waals surface area contributed by atoms with Crippen molar-refractivity contribution in [3.8, 4) is 0 Å². The molecule has 100 valence electrons. The fraction of sp³-hybridized carbons (Fsp3) is 0.308. The number of non-ortho nitro benzene ring substituents is 1. The lowest BCUT2D eigenvalue weighted by atomic mass is 10.0. The van der Waals surface area contributed by atoms with E-state index in [0.717, 1.165) is 11.1 Å². The average molecular weight is 260 g/mol. The van der Waals surface area contributed by atoms with Gasteiger partial charge in [0.05, 0.1) is 4.92 Å². The van der Waals surface area contributed by atoms with E-state index in [1.165, 1.54) is 6.07 Å². The lowest BCUT2D eigenvalue weighted by molar-refractivity contribution is -0.383. The fourth-order valence-corrected chi connectivity index (χ4v) is 1.83. The monoisotopic (exact) mass is 260 g/mol. The lowest BCUT2D eigenvalue weighted by Gasteiger charge is -2.26. The SMILES string of the molecule is CC(C)(CN)Nc1ccnc2c([N+](=O)[O-])cccc12. The van der Waals surface area contributed by atoms with Crippen LogP contribution in [0.3, 0.4) is 0 Å². The molecule has 2 rings (SSSR count). The van der Waals surface area contributed by atoms with Crippen LogP contribution in [0, 0.1) is 10.1 Å². The minimum atomic E-state index is -0.423. The van der Waals surface area contributed by atoms with Crippen molar-refractivity contribution in [2.45, 2.75) is 19.4 Å². The zero-order chi connectivity index (χ0) is 14.0. The van der Waals surface area contributed by atoms with Gasteiger partial charge in [-0.3, -0.25) is 10.1 Å². The fourth-order valence-electron chi connectivity index (χ4n) is 1.83. The number of hydrogen-bond donors (Lipinski definition) is 2. The average Bonchev–Trinajstić information content (AvgIpc) is 2.38. The predicted molar refractivity (Wildman–Crippen MR) is 75.2 cm³/mol. The Labute approximate surface area is 110 Å². The molecule has 0 saturated carbocycles. The highest BCUT2D eigenvalue weighted by molar-refractivity contribution is 5.96. The lowest BCUT2D eigenvalue weighted by Crippen LogP contribution is -2.39. The van der Waals surface area contributed by atoms with Crippen molar-refractivity contribution in [1.82, 2.24) is 4.98 Å². The van der Waals surface area contributed by atoms with Gasteiger partial charge in [0.25, 0.3) is 5.69 Å². The van der Waals surface area contributed by atoms with Gasteiger partial charge >= 0.3 is 0 Å². The zero-order valence-corrected chi connectivity index (χ0v) is 10.9. The highest BCUT2D eigenvalue weighted by atomic mass is 16.6. The van der Waals surface area contributed by atoms with Gasteiger partial charge in [-0.15, -0.1) is 0 Å². The smallest absolute Gasteiger partial charge is 0.295 e. The van der Waals surface area contributed by atoms with Gasteiger partial charge in [-0.05, 0) is 19.9 Å². The number of pyridine rings is 1. The van der Waals surface area contributed by atoms with Crippen LogP contribution >= 0.6 is 0 Å². The zero-order valence-electron chi connectivity index (χ0n) is 10.9.